The van der Waals surface area contributed by atoms with E-state index in [1.807, 2.05) is 0 Å². The maximum Gasteiger partial charge on any atom is 0.353 e. The molecule has 0 radical (unpaired) electrons. The Hall–Kier alpha value is -0.410. The third-order valence-electron chi connectivity index (χ3n) is 1.59. The molecule has 0 saturated heterocycles. The van der Waals surface area contributed by atoms with Crippen molar-refractivity contribution in [3.8, 4) is 0 Å². The lowest BCUT2D eigenvalue weighted by Crippen LogP contribution is -2.43. The average molecular weight is 254 g/mol. The van der Waals surface area contributed by atoms with Crippen LogP contribution in [0.25, 0.3) is 0 Å². The van der Waals surface area contributed by atoms with Gasteiger partial charge in [-0.25, -0.2) is 8.42 Å². The van der Waals surface area contributed by atoms with E-state index in [9.17, 15) is 26.0 Å². The molecule has 0 aromatic heterocycles. The molecule has 0 heterocycles. The smallest absolute Gasteiger partial charge is 0.353 e. The molecule has 0 bridgehead atoms. The molecule has 0 aliphatic heterocycles. The number of aliphatic hydroxyl groups is 2. The quantitative estimate of drug-likeness (QED) is 0.671. The average Bonchev–Trinajstić information content (AvgIpc) is 2.03. The van der Waals surface area contributed by atoms with Gasteiger partial charge in [0.25, 0.3) is 9.84 Å². The van der Waals surface area contributed by atoms with E-state index in [0.717, 1.165) is 0 Å². The van der Waals surface area contributed by atoms with Gasteiger partial charge < -0.3 is 10.2 Å². The minimum Gasteiger partial charge on any atom is -0.396 e. The molecule has 0 aromatic carbocycles. The van der Waals surface area contributed by atoms with Crippen LogP contribution >= 0.6 is 0 Å². The van der Waals surface area contributed by atoms with E-state index in [2.05, 4.69) is 0 Å². The van der Waals surface area contributed by atoms with Gasteiger partial charge in [-0.2, -0.15) is 17.6 Å². The summed E-state index contributed by atoms with van der Waals surface area (Å²) >= 11 is 0. The highest BCUT2D eigenvalue weighted by atomic mass is 32.2. The fraction of sp³-hybridized carbons (Fsp3) is 1.00. The molecule has 0 aliphatic rings. The van der Waals surface area contributed by atoms with Crippen LogP contribution in [0.1, 0.15) is 12.8 Å². The monoisotopic (exact) mass is 254 g/mol. The van der Waals surface area contributed by atoms with Crippen molar-refractivity contribution >= 4 is 9.84 Å². The van der Waals surface area contributed by atoms with Crippen LogP contribution in [0.15, 0.2) is 0 Å². The summed E-state index contributed by atoms with van der Waals surface area (Å²) in [5.41, 5.74) is 0. The standard InChI is InChI=1S/C6H10F4O4S/c7-5(8,1-3-11)15(13,14)6(9,10)2-4-12/h11-12H,1-4H2. The summed E-state index contributed by atoms with van der Waals surface area (Å²) in [5, 5.41) is 6.83. The Morgan fingerprint density at radius 3 is 1.33 bits per heavy atom. The molecule has 4 nitrogen and oxygen atoms in total. The van der Waals surface area contributed by atoms with Crippen LogP contribution in [-0.4, -0.2) is 42.4 Å². The highest BCUT2D eigenvalue weighted by molar-refractivity contribution is 7.93. The highest BCUT2D eigenvalue weighted by Crippen LogP contribution is 2.38. The molecule has 0 saturated carbocycles. The summed E-state index contributed by atoms with van der Waals surface area (Å²) in [5.74, 6) is 0. The second-order valence-corrected chi connectivity index (χ2v) is 4.93. The van der Waals surface area contributed by atoms with Crippen molar-refractivity contribution in [2.75, 3.05) is 13.2 Å². The summed E-state index contributed by atoms with van der Waals surface area (Å²) in [6.45, 7) is -2.47. The van der Waals surface area contributed by atoms with Crippen LogP contribution in [0.4, 0.5) is 17.6 Å². The van der Waals surface area contributed by atoms with Crippen LogP contribution < -0.4 is 0 Å². The molecule has 0 aliphatic carbocycles. The SMILES string of the molecule is O=S(=O)(C(F)(F)CCO)C(F)(F)CCO. The Morgan fingerprint density at radius 1 is 0.867 bits per heavy atom. The molecule has 0 rings (SSSR count). The largest absolute Gasteiger partial charge is 0.396 e. The molecular weight excluding hydrogens is 244 g/mol. The fourth-order valence-corrected chi connectivity index (χ4v) is 1.90. The summed E-state index contributed by atoms with van der Waals surface area (Å²) in [7, 11) is -6.05. The van der Waals surface area contributed by atoms with E-state index in [4.69, 9.17) is 10.2 Å². The lowest BCUT2D eigenvalue weighted by atomic mass is 10.5. The molecule has 9 heteroatoms. The van der Waals surface area contributed by atoms with Crippen LogP contribution in [0, 0.1) is 0 Å². The number of hydrogen-bond acceptors (Lipinski definition) is 4. The minimum atomic E-state index is -6.05. The second kappa shape index (κ2) is 4.62. The highest BCUT2D eigenvalue weighted by Gasteiger charge is 2.59. The van der Waals surface area contributed by atoms with Crippen molar-refractivity contribution in [1.29, 1.82) is 0 Å². The third kappa shape index (κ3) is 2.79. The van der Waals surface area contributed by atoms with E-state index < -0.39 is 46.4 Å². The Morgan fingerprint density at radius 2 is 1.13 bits per heavy atom. The van der Waals surface area contributed by atoms with Gasteiger partial charge in [0, 0.05) is 26.1 Å². The zero-order valence-corrected chi connectivity index (χ0v) is 8.28. The number of rotatable bonds is 6. The van der Waals surface area contributed by atoms with Crippen LogP contribution in [-0.2, 0) is 9.84 Å². The van der Waals surface area contributed by atoms with Crippen molar-refractivity contribution in [2.45, 2.75) is 23.4 Å². The van der Waals surface area contributed by atoms with E-state index in [1.165, 1.54) is 0 Å². The third-order valence-corrected chi connectivity index (χ3v) is 3.57. The zero-order valence-electron chi connectivity index (χ0n) is 7.46. The number of hydrogen-bond donors (Lipinski definition) is 2. The maximum atomic E-state index is 12.7. The Bertz CT molecular complexity index is 276. The van der Waals surface area contributed by atoms with Gasteiger partial charge in [0.2, 0.25) is 0 Å². The van der Waals surface area contributed by atoms with Gasteiger partial charge in [-0.1, -0.05) is 0 Å². The molecule has 0 unspecified atom stereocenters. The molecule has 0 aromatic rings. The lowest BCUT2D eigenvalue weighted by Gasteiger charge is -2.22. The predicted molar refractivity (Wildman–Crippen MR) is 42.2 cm³/mol. The van der Waals surface area contributed by atoms with Crippen LogP contribution in [0.5, 0.6) is 0 Å². The van der Waals surface area contributed by atoms with E-state index in [-0.39, 0.29) is 0 Å². The molecule has 0 amide bonds. The molecule has 0 spiro atoms. The van der Waals surface area contributed by atoms with Crippen molar-refractivity contribution < 1.29 is 36.2 Å². The predicted octanol–water partition coefficient (Wildman–Crippen LogP) is 0.352. The van der Waals surface area contributed by atoms with Crippen molar-refractivity contribution in [2.24, 2.45) is 0 Å². The first-order chi connectivity index (χ1) is 6.62. The molecule has 2 N–H and O–H groups in total. The van der Waals surface area contributed by atoms with Gasteiger partial charge in [0.15, 0.2) is 0 Å². The van der Waals surface area contributed by atoms with Gasteiger partial charge in [0.1, 0.15) is 0 Å². The fourth-order valence-electron chi connectivity index (χ4n) is 0.748. The molecule has 0 atom stereocenters. The molecule has 92 valence electrons. The van der Waals surface area contributed by atoms with Gasteiger partial charge in [-0.05, 0) is 0 Å². The van der Waals surface area contributed by atoms with Crippen molar-refractivity contribution in [3.05, 3.63) is 0 Å². The van der Waals surface area contributed by atoms with Crippen molar-refractivity contribution in [3.63, 3.8) is 0 Å². The Labute approximate surface area is 83.4 Å². The van der Waals surface area contributed by atoms with Crippen molar-refractivity contribution in [1.82, 2.24) is 0 Å². The van der Waals surface area contributed by atoms with Gasteiger partial charge in [0.05, 0.1) is 0 Å². The summed E-state index contributed by atoms with van der Waals surface area (Å²) in [4.78, 5) is 0. The number of halogens is 4. The number of aliphatic hydroxyl groups excluding tert-OH is 2. The van der Waals surface area contributed by atoms with Crippen LogP contribution in [0.3, 0.4) is 0 Å². The van der Waals surface area contributed by atoms with Gasteiger partial charge in [-0.3, -0.25) is 0 Å². The topological polar surface area (TPSA) is 74.6 Å². The summed E-state index contributed by atoms with van der Waals surface area (Å²) < 4.78 is 72.3. The van der Waals surface area contributed by atoms with Gasteiger partial charge in [-0.15, -0.1) is 0 Å². The summed E-state index contributed by atoms with van der Waals surface area (Å²) in [6.07, 6.45) is -3.20. The molecule has 0 fully saturated rings. The van der Waals surface area contributed by atoms with Crippen LogP contribution in [0.2, 0.25) is 0 Å². The second-order valence-electron chi connectivity index (χ2n) is 2.73. The van der Waals surface area contributed by atoms with Gasteiger partial charge >= 0.3 is 10.5 Å². The van der Waals surface area contributed by atoms with E-state index >= 15 is 0 Å². The number of sulfone groups is 1. The first-order valence-corrected chi connectivity index (χ1v) is 5.32. The Kier molecular flexibility index (Phi) is 4.49. The Balaban J connectivity index is 5.13. The minimum absolute atomic E-state index is 1.23. The first kappa shape index (κ1) is 14.6. The normalized spacial score (nSPS) is 14.3. The molecule has 15 heavy (non-hydrogen) atoms. The summed E-state index contributed by atoms with van der Waals surface area (Å²) in [6, 6.07) is 0. The zero-order chi connectivity index (χ0) is 12.3. The van der Waals surface area contributed by atoms with E-state index in [1.54, 1.807) is 0 Å². The molecular formula is C6H10F4O4S. The lowest BCUT2D eigenvalue weighted by molar-refractivity contribution is 0.0186. The van der Waals surface area contributed by atoms with E-state index in [0.29, 0.717) is 0 Å². The number of alkyl halides is 4. The first-order valence-electron chi connectivity index (χ1n) is 3.84. The maximum absolute atomic E-state index is 12.7.